The average molecular weight is 317 g/mol. The van der Waals surface area contributed by atoms with Gasteiger partial charge in [-0.3, -0.25) is 14.9 Å². The van der Waals surface area contributed by atoms with E-state index < -0.39 is 4.92 Å². The van der Waals surface area contributed by atoms with Gasteiger partial charge in [0, 0.05) is 25.6 Å². The van der Waals surface area contributed by atoms with Crippen molar-refractivity contribution in [1.82, 2.24) is 5.32 Å². The minimum absolute atomic E-state index is 0. The van der Waals surface area contributed by atoms with Crippen molar-refractivity contribution >= 4 is 29.7 Å². The number of carbonyl (C=O) groups is 1. The molecule has 4 N–H and O–H groups in total. The normalized spacial score (nSPS) is 11.1. The summed E-state index contributed by atoms with van der Waals surface area (Å²) >= 11 is 0. The van der Waals surface area contributed by atoms with Crippen LogP contribution in [0.4, 0.5) is 11.4 Å². The van der Waals surface area contributed by atoms with Gasteiger partial charge in [-0.2, -0.15) is 0 Å². The predicted octanol–water partition coefficient (Wildman–Crippen LogP) is 1.53. The molecule has 0 saturated carbocycles. The molecule has 0 aliphatic carbocycles. The number of anilines is 1. The van der Waals surface area contributed by atoms with Crippen LogP contribution in [0, 0.1) is 16.0 Å². The highest BCUT2D eigenvalue weighted by atomic mass is 35.5. The minimum Gasteiger partial charge on any atom is -0.379 e. The zero-order valence-electron chi connectivity index (χ0n) is 11.9. The number of nitrogens with two attached hydrogens (primary N) is 1. The maximum absolute atomic E-state index is 11.5. The summed E-state index contributed by atoms with van der Waals surface area (Å²) in [7, 11) is 0. The van der Waals surface area contributed by atoms with Gasteiger partial charge in [-0.15, -0.1) is 12.4 Å². The Labute approximate surface area is 129 Å². The first-order valence-electron chi connectivity index (χ1n) is 6.48. The monoisotopic (exact) mass is 316 g/mol. The van der Waals surface area contributed by atoms with Gasteiger partial charge in [-0.25, -0.2) is 0 Å². The third kappa shape index (κ3) is 6.92. The molecule has 1 aromatic carbocycles. The lowest BCUT2D eigenvalue weighted by Crippen LogP contribution is -2.32. The Balaban J connectivity index is 0.00000400. The van der Waals surface area contributed by atoms with Gasteiger partial charge in [0.15, 0.2) is 0 Å². The summed E-state index contributed by atoms with van der Waals surface area (Å²) in [5, 5.41) is 16.5. The van der Waals surface area contributed by atoms with Crippen LogP contribution in [-0.2, 0) is 4.79 Å². The van der Waals surface area contributed by atoms with Crippen molar-refractivity contribution in [1.29, 1.82) is 0 Å². The van der Waals surface area contributed by atoms with Crippen LogP contribution in [0.5, 0.6) is 0 Å². The Hall–Kier alpha value is -1.86. The standard InChI is InChI=1S/C13H20N4O3.ClH/c1-10(8-14)9-16-13(18)6-7-15-11-4-2-3-5-12(11)17(19)20;/h2-5,10,15H,6-9,14H2,1H3,(H,16,18);1H. The molecule has 0 saturated heterocycles. The molecule has 1 rings (SSSR count). The molecule has 1 unspecified atom stereocenters. The van der Waals surface area contributed by atoms with Crippen LogP contribution in [0.15, 0.2) is 24.3 Å². The van der Waals surface area contributed by atoms with Gasteiger partial charge >= 0.3 is 0 Å². The summed E-state index contributed by atoms with van der Waals surface area (Å²) in [6, 6.07) is 6.35. The highest BCUT2D eigenvalue weighted by molar-refractivity contribution is 5.85. The molecule has 0 bridgehead atoms. The van der Waals surface area contributed by atoms with Crippen LogP contribution in [0.3, 0.4) is 0 Å². The molecular formula is C13H21ClN4O3. The lowest BCUT2D eigenvalue weighted by atomic mass is 10.2. The number of amides is 1. The van der Waals surface area contributed by atoms with Crippen LogP contribution < -0.4 is 16.4 Å². The maximum Gasteiger partial charge on any atom is 0.292 e. The van der Waals surface area contributed by atoms with Crippen molar-refractivity contribution in [3.8, 4) is 0 Å². The molecule has 0 aromatic heterocycles. The zero-order valence-corrected chi connectivity index (χ0v) is 12.7. The summed E-state index contributed by atoms with van der Waals surface area (Å²) in [6.07, 6.45) is 0.253. The van der Waals surface area contributed by atoms with Crippen LogP contribution in [0.2, 0.25) is 0 Å². The van der Waals surface area contributed by atoms with E-state index in [0.717, 1.165) is 0 Å². The number of carbonyl (C=O) groups excluding carboxylic acids is 1. The summed E-state index contributed by atoms with van der Waals surface area (Å²) < 4.78 is 0. The Bertz CT molecular complexity index is 470. The molecule has 1 amide bonds. The van der Waals surface area contributed by atoms with Crippen molar-refractivity contribution in [2.45, 2.75) is 13.3 Å². The molecule has 1 atom stereocenters. The van der Waals surface area contributed by atoms with E-state index in [9.17, 15) is 14.9 Å². The van der Waals surface area contributed by atoms with E-state index >= 15 is 0 Å². The number of nitro groups is 1. The Morgan fingerprint density at radius 1 is 1.43 bits per heavy atom. The van der Waals surface area contributed by atoms with E-state index in [1.165, 1.54) is 6.07 Å². The number of hydrogen-bond acceptors (Lipinski definition) is 5. The smallest absolute Gasteiger partial charge is 0.292 e. The van der Waals surface area contributed by atoms with Crippen molar-refractivity contribution < 1.29 is 9.72 Å². The number of rotatable bonds is 8. The number of nitro benzene ring substituents is 1. The lowest BCUT2D eigenvalue weighted by molar-refractivity contribution is -0.384. The first-order chi connectivity index (χ1) is 9.54. The zero-order chi connectivity index (χ0) is 15.0. The highest BCUT2D eigenvalue weighted by Crippen LogP contribution is 2.22. The van der Waals surface area contributed by atoms with Crippen molar-refractivity contribution in [2.24, 2.45) is 11.7 Å². The van der Waals surface area contributed by atoms with Crippen LogP contribution in [0.1, 0.15) is 13.3 Å². The molecule has 1 aromatic rings. The first kappa shape index (κ1) is 19.1. The van der Waals surface area contributed by atoms with Crippen LogP contribution >= 0.6 is 12.4 Å². The molecule has 0 aliphatic rings. The van der Waals surface area contributed by atoms with Crippen LogP contribution in [-0.4, -0.2) is 30.5 Å². The number of nitrogens with zero attached hydrogens (tertiary/aromatic N) is 1. The third-order valence-electron chi connectivity index (χ3n) is 2.82. The number of halogens is 1. The molecule has 118 valence electrons. The Morgan fingerprint density at radius 3 is 2.71 bits per heavy atom. The summed E-state index contributed by atoms with van der Waals surface area (Å²) in [4.78, 5) is 21.9. The molecule has 0 radical (unpaired) electrons. The SMILES string of the molecule is CC(CN)CNC(=O)CCNc1ccccc1[N+](=O)[O-].Cl. The van der Waals surface area contributed by atoms with Gasteiger partial charge in [0.2, 0.25) is 5.91 Å². The summed E-state index contributed by atoms with van der Waals surface area (Å²) in [5.74, 6) is 0.138. The van der Waals surface area contributed by atoms with Crippen LogP contribution in [0.25, 0.3) is 0 Å². The second-order valence-electron chi connectivity index (χ2n) is 4.60. The van der Waals surface area contributed by atoms with Gasteiger partial charge < -0.3 is 16.4 Å². The molecular weight excluding hydrogens is 296 g/mol. The molecule has 0 heterocycles. The minimum atomic E-state index is -0.453. The Morgan fingerprint density at radius 2 is 2.10 bits per heavy atom. The second-order valence-corrected chi connectivity index (χ2v) is 4.60. The largest absolute Gasteiger partial charge is 0.379 e. The highest BCUT2D eigenvalue weighted by Gasteiger charge is 2.12. The topological polar surface area (TPSA) is 110 Å². The van der Waals surface area contributed by atoms with E-state index in [4.69, 9.17) is 5.73 Å². The quantitative estimate of drug-likeness (QED) is 0.497. The van der Waals surface area contributed by atoms with Gasteiger partial charge in [-0.1, -0.05) is 19.1 Å². The number of nitrogens with one attached hydrogen (secondary N) is 2. The van der Waals surface area contributed by atoms with Crippen molar-refractivity contribution in [2.75, 3.05) is 25.0 Å². The van der Waals surface area contributed by atoms with E-state index in [0.29, 0.717) is 25.3 Å². The fraction of sp³-hybridized carbons (Fsp3) is 0.462. The first-order valence-corrected chi connectivity index (χ1v) is 6.48. The number of para-hydroxylation sites is 2. The predicted molar refractivity (Wildman–Crippen MR) is 84.7 cm³/mol. The van der Waals surface area contributed by atoms with Gasteiger partial charge in [0.25, 0.3) is 5.69 Å². The third-order valence-corrected chi connectivity index (χ3v) is 2.82. The molecule has 0 spiro atoms. The maximum atomic E-state index is 11.5. The molecule has 21 heavy (non-hydrogen) atoms. The molecule has 7 nitrogen and oxygen atoms in total. The number of benzene rings is 1. The average Bonchev–Trinajstić information content (AvgIpc) is 2.45. The van der Waals surface area contributed by atoms with Crippen molar-refractivity contribution in [3.63, 3.8) is 0 Å². The molecule has 0 aliphatic heterocycles. The summed E-state index contributed by atoms with van der Waals surface area (Å²) in [5.41, 5.74) is 5.87. The van der Waals surface area contributed by atoms with E-state index in [1.54, 1.807) is 18.2 Å². The fourth-order valence-corrected chi connectivity index (χ4v) is 1.55. The fourth-order valence-electron chi connectivity index (χ4n) is 1.55. The van der Waals surface area contributed by atoms with E-state index in [1.807, 2.05) is 6.92 Å². The van der Waals surface area contributed by atoms with Gasteiger partial charge in [0.1, 0.15) is 5.69 Å². The second kappa shape index (κ2) is 9.95. The summed E-state index contributed by atoms with van der Waals surface area (Å²) in [6.45, 7) is 3.36. The molecule has 8 heteroatoms. The number of hydrogen-bond donors (Lipinski definition) is 3. The van der Waals surface area contributed by atoms with Gasteiger partial charge in [0.05, 0.1) is 4.92 Å². The van der Waals surface area contributed by atoms with Gasteiger partial charge in [-0.05, 0) is 18.5 Å². The van der Waals surface area contributed by atoms with E-state index in [2.05, 4.69) is 10.6 Å². The van der Waals surface area contributed by atoms with E-state index in [-0.39, 0.29) is 36.3 Å². The van der Waals surface area contributed by atoms with Crippen molar-refractivity contribution in [3.05, 3.63) is 34.4 Å². The molecule has 0 fully saturated rings. The Kier molecular flexibility index (Phi) is 9.07. The lowest BCUT2D eigenvalue weighted by Gasteiger charge is -2.10.